The number of thiocarbonyl (C=S) groups is 1. The first kappa shape index (κ1) is 105. The maximum Gasteiger partial charge on any atom is 0.569 e. The molecule has 0 spiro atoms. The van der Waals surface area contributed by atoms with Gasteiger partial charge >= 0.3 is 60.4 Å². The molecular formula is C66H65BClF9N16O18PS9. The number of fused-ring (bicyclic) bond motifs is 2. The molecule has 34 nitrogen and oxygen atoms in total. The number of hydrogen-bond donors (Lipinski definition) is 8. The Balaban J connectivity index is 0.000000361. The largest absolute Gasteiger partial charge is 0.569 e. The van der Waals surface area contributed by atoms with E-state index in [1.807, 2.05) is 72.5 Å². The maximum absolute atomic E-state index is 12.3. The normalized spacial score (nSPS) is 11.1. The second kappa shape index (κ2) is 47.6. The van der Waals surface area contributed by atoms with E-state index in [2.05, 4.69) is 83.3 Å². The lowest BCUT2D eigenvalue weighted by molar-refractivity contribution is -0.114. The maximum atomic E-state index is 12.3. The van der Waals surface area contributed by atoms with Crippen molar-refractivity contribution in [1.29, 1.82) is 0 Å². The monoisotopic (exact) mass is 1910 g/mol. The van der Waals surface area contributed by atoms with Crippen LogP contribution in [0.2, 0.25) is 0 Å². The van der Waals surface area contributed by atoms with E-state index >= 15 is 0 Å². The predicted octanol–water partition coefficient (Wildman–Crippen LogP) is 13.4. The lowest BCUT2D eigenvalue weighted by Crippen LogP contribution is -2.34. The number of pyridine rings is 7. The van der Waals surface area contributed by atoms with Crippen molar-refractivity contribution in [3.8, 4) is 72.0 Å². The summed E-state index contributed by atoms with van der Waals surface area (Å²) in [6, 6.07) is 22.7. The molecule has 1 radical (unpaired) electrons. The number of nitrogens with two attached hydrogens (primary N) is 3. The van der Waals surface area contributed by atoms with Gasteiger partial charge < -0.3 is 60.3 Å². The number of halogens is 10. The molecule has 10 N–H and O–H groups in total. The molecule has 2 amide bonds. The number of alkyl halides is 10. The molecule has 0 fully saturated rings. The minimum absolute atomic E-state index is 0. The van der Waals surface area contributed by atoms with E-state index in [1.54, 1.807) is 76.8 Å². The standard InChI is InChI=1S/C17H13N5OS.C10H7F3N2O3S2.C9H8N2OS.C8H7BN3O3.C6H6N2OS.C6H4N2O.C4H11O2PS2.C3H5ClO.C2F6O5S2.CH4/c1-10-9-24-17(21-10)15-12(3-2-6-19-15)11-4-5-14-20-7-13(16(18)23)22(14)8-11;1-6-5-19-9(15-6)8-7(3-2-4-14-8)18-20(16,17)10(11,12)13;1-6-5-13-9(11-6)8-7(12)3-2-4-10-8;10-8(13)6-3-11-7-2-1-5(15-9-14)4-12(6)7;7-6(10)5-4(9)2-1-3-8-5;1-7-6-5(9)3-2-4-8-6;1-3-5-7(8,9)6-4-2;1-3(5)2-4;3-1(4,5)14(9,10)13-15(11,12)2(6,7)8;/h2-9H,1H3,(H2,18,23);2-5H,1H3;2-5,12H,1H3;1-4,14H,(H2,10,13);1-3,9H,(H2,7,10);2-4,9H;3-4H2,1-2H3,(H,8,9);2H2,1H3;;1H4. The summed E-state index contributed by atoms with van der Waals surface area (Å²) in [5.41, 5.74) is 3.46. The first-order valence-electron chi connectivity index (χ1n) is 31.9. The minimum Gasteiger partial charge on any atom is -0.536 e. The molecule has 0 aliphatic rings. The number of hydrogen-bond acceptors (Lipinski definition) is 33. The van der Waals surface area contributed by atoms with Crippen LogP contribution < -0.4 is 26.0 Å². The second-order valence-corrected chi connectivity index (χ2v) is 35.1. The summed E-state index contributed by atoms with van der Waals surface area (Å²) in [6.07, 6.45) is 13.9. The van der Waals surface area contributed by atoms with Crippen molar-refractivity contribution < 1.29 is 121 Å². The number of aromatic hydroxyl groups is 3. The highest BCUT2D eigenvalue weighted by Crippen LogP contribution is 2.53. The topological polar surface area (TPSA) is 501 Å². The third-order valence-electron chi connectivity index (χ3n) is 12.7. The van der Waals surface area contributed by atoms with Crippen LogP contribution in [0.25, 0.3) is 59.4 Å². The number of primary amides is 2. The number of thiol groups is 1. The van der Waals surface area contributed by atoms with Crippen molar-refractivity contribution in [3.63, 3.8) is 0 Å². The number of imidazole rings is 2. The summed E-state index contributed by atoms with van der Waals surface area (Å²) in [4.78, 5) is 76.0. The first-order chi connectivity index (χ1) is 56.0. The Morgan fingerprint density at radius 2 is 1.01 bits per heavy atom. The van der Waals surface area contributed by atoms with E-state index in [0.29, 0.717) is 55.0 Å². The Kier molecular flexibility index (Phi) is 41.1. The van der Waals surface area contributed by atoms with Crippen LogP contribution in [-0.2, 0) is 59.6 Å². The van der Waals surface area contributed by atoms with Crippen molar-refractivity contribution >= 4 is 165 Å². The van der Waals surface area contributed by atoms with Gasteiger partial charge in [-0.3, -0.25) is 28.2 Å². The van der Waals surface area contributed by atoms with Gasteiger partial charge in [-0.1, -0.05) is 44.5 Å². The highest BCUT2D eigenvalue weighted by Gasteiger charge is 2.57. The number of amides is 2. The van der Waals surface area contributed by atoms with Gasteiger partial charge in [-0.2, -0.15) is 64.8 Å². The molecular weight excluding hydrogens is 1840 g/mol. The van der Waals surface area contributed by atoms with E-state index in [4.69, 9.17) is 76.1 Å². The number of Topliss-reactive ketones (excluding diaryl/α,β-unsaturated/α-hetero) is 1. The zero-order valence-electron chi connectivity index (χ0n) is 61.7. The van der Waals surface area contributed by atoms with Crippen molar-refractivity contribution in [2.45, 2.75) is 65.5 Å². The van der Waals surface area contributed by atoms with Crippen molar-refractivity contribution in [3.05, 3.63) is 202 Å². The zero-order chi connectivity index (χ0) is 90.3. The van der Waals surface area contributed by atoms with Crippen molar-refractivity contribution in [2.75, 3.05) is 19.1 Å². The van der Waals surface area contributed by atoms with Crippen LogP contribution in [0.4, 0.5) is 45.3 Å². The Labute approximate surface area is 716 Å². The number of carbonyl (C=O) groups is 3. The molecule has 12 aromatic heterocycles. The van der Waals surface area contributed by atoms with Crippen molar-refractivity contribution in [1.82, 2.24) is 58.6 Å². The van der Waals surface area contributed by atoms with E-state index < -0.39 is 70.1 Å². The smallest absolute Gasteiger partial charge is 0.536 e. The molecule has 0 saturated heterocycles. The number of thiazole rings is 3. The van der Waals surface area contributed by atoms with Gasteiger partial charge in [-0.05, 0) is 132 Å². The average Bonchev–Trinajstić information content (AvgIpc) is 1.67. The molecule has 0 saturated carbocycles. The number of rotatable bonds is 18. The summed E-state index contributed by atoms with van der Waals surface area (Å²) in [5.74, 6) is -0.873. The third-order valence-corrected chi connectivity index (χ3v) is 22.2. The summed E-state index contributed by atoms with van der Waals surface area (Å²) in [5, 5.41) is 43.3. The van der Waals surface area contributed by atoms with Gasteiger partial charge in [0.1, 0.15) is 100 Å². The van der Waals surface area contributed by atoms with E-state index in [0.717, 1.165) is 55.6 Å². The molecule has 0 aliphatic carbocycles. The molecule has 121 heavy (non-hydrogen) atoms. The van der Waals surface area contributed by atoms with Gasteiger partial charge in [0.15, 0.2) is 5.75 Å². The van der Waals surface area contributed by atoms with Gasteiger partial charge in [-0.25, -0.2) is 39.9 Å². The van der Waals surface area contributed by atoms with Crippen molar-refractivity contribution in [2.24, 2.45) is 17.2 Å². The van der Waals surface area contributed by atoms with Crippen LogP contribution in [0.5, 0.6) is 28.7 Å². The molecule has 0 bridgehead atoms. The third kappa shape index (κ3) is 32.7. The number of carbonyl (C=O) groups excluding carboxylic acids is 3. The second-order valence-electron chi connectivity index (χ2n) is 21.7. The zero-order valence-corrected chi connectivity index (χ0v) is 70.8. The molecule has 0 aliphatic heterocycles. The quantitative estimate of drug-likeness (QED) is 0.00455. The van der Waals surface area contributed by atoms with Gasteiger partial charge in [0.2, 0.25) is 5.69 Å². The predicted molar refractivity (Wildman–Crippen MR) is 442 cm³/mol. The number of aryl methyl sites for hydroxylation is 3. The van der Waals surface area contributed by atoms with Gasteiger partial charge in [0, 0.05) is 75.3 Å². The van der Waals surface area contributed by atoms with Gasteiger partial charge in [-0.15, -0.1) is 54.2 Å². The molecule has 12 rings (SSSR count). The van der Waals surface area contributed by atoms with Gasteiger partial charge in [0.25, 0.3) is 11.8 Å². The van der Waals surface area contributed by atoms with Crippen LogP contribution in [0.15, 0.2) is 157 Å². The van der Waals surface area contributed by atoms with Gasteiger partial charge in [0.05, 0.1) is 37.7 Å². The van der Waals surface area contributed by atoms with E-state index in [-0.39, 0.29) is 69.2 Å². The van der Waals surface area contributed by atoms with Crippen LogP contribution in [0.1, 0.15) is 72.0 Å². The van der Waals surface area contributed by atoms with E-state index in [9.17, 15) is 84.3 Å². The summed E-state index contributed by atoms with van der Waals surface area (Å²) in [6.45, 7) is 18.4. The Hall–Kier alpha value is -10.6. The fraction of sp³-hybridized carbons (Fsp3) is 0.197. The number of aromatic nitrogens is 12. The minimum atomic E-state index is -6.85. The highest BCUT2D eigenvalue weighted by atomic mass is 35.5. The summed E-state index contributed by atoms with van der Waals surface area (Å²) in [7, 11) is -18.9. The number of ketones is 1. The fourth-order valence-corrected chi connectivity index (χ4v) is 14.4. The van der Waals surface area contributed by atoms with Crippen LogP contribution >= 0.6 is 75.8 Å². The molecule has 0 unspecified atom stereocenters. The average molecular weight is 1910 g/mol. The molecule has 12 aromatic rings. The Bertz CT molecular complexity index is 5900. The van der Waals surface area contributed by atoms with E-state index in [1.165, 1.54) is 78.0 Å². The van der Waals surface area contributed by atoms with Crippen LogP contribution in [-0.4, -0.2) is 170 Å². The fourth-order valence-electron chi connectivity index (χ4n) is 7.76. The molecule has 0 aromatic carbocycles. The molecule has 12 heterocycles. The van der Waals surface area contributed by atoms with Crippen LogP contribution in [0.3, 0.4) is 0 Å². The lowest BCUT2D eigenvalue weighted by atomic mass is 10.1. The molecule has 649 valence electrons. The Morgan fingerprint density at radius 1 is 0.603 bits per heavy atom. The first-order valence-corrected chi connectivity index (χ1v) is 43.5. The van der Waals surface area contributed by atoms with Crippen LogP contribution in [0, 0.1) is 27.3 Å². The SMILES string of the molecule is C.CC(=O)CCl.CCOP(=S)(S)OCC.Cc1csc(-c2ncccc2-c2ccc3ncc(C(N)=O)n3c2)n1.Cc1csc(-c2ncccc2O)n1.Cc1csc(-c2ncccc2OS(=O)(=O)C(F)(F)F)n1.NC(=O)c1cnc2ccc(O[B]O)cn12.NC(=S)c1ncccc1O.O=S(=O)(OS(=O)(=O)C(F)(F)F)C(F)(F)F.[C-]#[N+]c1ncccc1O. The number of nitrogens with zero attached hydrogens (tertiary/aromatic N) is 13. The lowest BCUT2D eigenvalue weighted by Gasteiger charge is -2.13. The molecule has 0 atom stereocenters. The highest BCUT2D eigenvalue weighted by molar-refractivity contribution is 8.60. The molecule has 55 heteroatoms. The Morgan fingerprint density at radius 3 is 1.40 bits per heavy atom. The summed E-state index contributed by atoms with van der Waals surface area (Å²) >= 11 is 22.7. The summed E-state index contributed by atoms with van der Waals surface area (Å²) < 4.78 is 191.